The molecule has 0 N–H and O–H groups in total. The van der Waals surface area contributed by atoms with Crippen molar-refractivity contribution >= 4 is 22.8 Å². The van der Waals surface area contributed by atoms with Crippen molar-refractivity contribution in [1.82, 2.24) is 4.90 Å². The number of amidine groups is 1. The number of aryl methyl sites for hydroxylation is 1. The fourth-order valence-electron chi connectivity index (χ4n) is 2.64. The van der Waals surface area contributed by atoms with E-state index in [0.29, 0.717) is 18.8 Å². The minimum absolute atomic E-state index is 0.0441. The van der Waals surface area contributed by atoms with E-state index < -0.39 is 6.10 Å². The number of thioether (sulfide) groups is 1. The summed E-state index contributed by atoms with van der Waals surface area (Å²) in [5.74, 6) is 1.47. The van der Waals surface area contributed by atoms with Crippen molar-refractivity contribution in [2.24, 2.45) is 4.99 Å². The molecule has 0 radical (unpaired) electrons. The minimum Gasteiger partial charge on any atom is -0.481 e. The van der Waals surface area contributed by atoms with E-state index in [-0.39, 0.29) is 5.91 Å². The molecule has 2 aromatic carbocycles. The summed E-state index contributed by atoms with van der Waals surface area (Å²) >= 11 is 1.61. The van der Waals surface area contributed by atoms with Gasteiger partial charge in [-0.25, -0.2) is 0 Å². The molecule has 4 nitrogen and oxygen atoms in total. The number of benzene rings is 2. The molecule has 0 aromatic heterocycles. The third kappa shape index (κ3) is 4.42. The third-order valence-electron chi connectivity index (χ3n) is 4.09. The van der Waals surface area contributed by atoms with E-state index in [0.717, 1.165) is 10.9 Å². The minimum atomic E-state index is -0.537. The van der Waals surface area contributed by atoms with Crippen molar-refractivity contribution < 1.29 is 9.53 Å². The van der Waals surface area contributed by atoms with Crippen molar-refractivity contribution in [1.29, 1.82) is 0 Å². The van der Waals surface area contributed by atoms with Gasteiger partial charge in [-0.05, 0) is 37.1 Å². The lowest BCUT2D eigenvalue weighted by atomic mass is 10.1. The van der Waals surface area contributed by atoms with E-state index in [1.165, 1.54) is 11.1 Å². The molecule has 1 heterocycles. The van der Waals surface area contributed by atoms with Crippen molar-refractivity contribution in [2.45, 2.75) is 25.7 Å². The first-order valence-electron chi connectivity index (χ1n) is 8.40. The Bertz CT molecular complexity index is 761. The monoisotopic (exact) mass is 354 g/mol. The third-order valence-corrected chi connectivity index (χ3v) is 5.15. The van der Waals surface area contributed by atoms with Crippen molar-refractivity contribution in [3.05, 3.63) is 65.7 Å². The van der Waals surface area contributed by atoms with Gasteiger partial charge in [0, 0.05) is 12.3 Å². The fourth-order valence-corrected chi connectivity index (χ4v) is 3.77. The largest absolute Gasteiger partial charge is 0.481 e. The van der Waals surface area contributed by atoms with E-state index in [1.807, 2.05) is 42.5 Å². The van der Waals surface area contributed by atoms with Gasteiger partial charge in [-0.1, -0.05) is 54.2 Å². The lowest BCUT2D eigenvalue weighted by Crippen LogP contribution is -2.41. The number of aliphatic imine (C=N–C) groups is 1. The van der Waals surface area contributed by atoms with Gasteiger partial charge in [0.1, 0.15) is 5.75 Å². The number of para-hydroxylation sites is 1. The number of rotatable bonds is 5. The van der Waals surface area contributed by atoms with Crippen LogP contribution in [0.5, 0.6) is 5.75 Å². The Morgan fingerprint density at radius 2 is 1.92 bits per heavy atom. The average Bonchev–Trinajstić information content (AvgIpc) is 3.09. The molecule has 0 unspecified atom stereocenters. The molecular weight excluding hydrogens is 332 g/mol. The van der Waals surface area contributed by atoms with Gasteiger partial charge in [0.05, 0.1) is 6.54 Å². The fraction of sp³-hybridized carbons (Fsp3) is 0.300. The van der Waals surface area contributed by atoms with Gasteiger partial charge in [0.2, 0.25) is 0 Å². The molecule has 3 rings (SSSR count). The van der Waals surface area contributed by atoms with Gasteiger partial charge in [-0.3, -0.25) is 14.7 Å². The predicted octanol–water partition coefficient (Wildman–Crippen LogP) is 3.89. The summed E-state index contributed by atoms with van der Waals surface area (Å²) in [6.07, 6.45) is -0.537. The van der Waals surface area contributed by atoms with Crippen molar-refractivity contribution in [3.8, 4) is 5.75 Å². The van der Waals surface area contributed by atoms with E-state index in [2.05, 4.69) is 24.0 Å². The van der Waals surface area contributed by atoms with Crippen LogP contribution >= 0.6 is 11.8 Å². The highest BCUT2D eigenvalue weighted by molar-refractivity contribution is 8.13. The van der Waals surface area contributed by atoms with E-state index >= 15 is 0 Å². The van der Waals surface area contributed by atoms with Gasteiger partial charge >= 0.3 is 0 Å². The number of carbonyl (C=O) groups is 1. The topological polar surface area (TPSA) is 41.9 Å². The zero-order valence-electron chi connectivity index (χ0n) is 14.5. The zero-order valence-corrected chi connectivity index (χ0v) is 15.3. The molecule has 1 aliphatic rings. The number of nitrogens with zero attached hydrogens (tertiary/aromatic N) is 2. The van der Waals surface area contributed by atoms with Crippen molar-refractivity contribution in [3.63, 3.8) is 0 Å². The second kappa shape index (κ2) is 8.21. The number of hydrogen-bond acceptors (Lipinski definition) is 4. The molecule has 0 saturated carbocycles. The molecule has 0 saturated heterocycles. The molecule has 1 aliphatic heterocycles. The van der Waals surface area contributed by atoms with E-state index in [9.17, 15) is 4.79 Å². The molecular formula is C20H22N2O2S. The Hall–Kier alpha value is -2.27. The SMILES string of the molecule is Cc1ccccc1CSC1=NCCN1C(=O)[C@H](C)Oc1ccccc1. The van der Waals surface area contributed by atoms with Crippen LogP contribution in [0.3, 0.4) is 0 Å². The van der Waals surface area contributed by atoms with Crippen LogP contribution in [-0.4, -0.2) is 35.2 Å². The number of ether oxygens (including phenoxy) is 1. The molecule has 25 heavy (non-hydrogen) atoms. The van der Waals surface area contributed by atoms with Crippen LogP contribution in [0.25, 0.3) is 0 Å². The van der Waals surface area contributed by atoms with Crippen LogP contribution in [0.4, 0.5) is 0 Å². The van der Waals surface area contributed by atoms with Gasteiger partial charge in [0.25, 0.3) is 5.91 Å². The van der Waals surface area contributed by atoms with Crippen LogP contribution in [-0.2, 0) is 10.5 Å². The van der Waals surface area contributed by atoms with E-state index in [1.54, 1.807) is 23.6 Å². The van der Waals surface area contributed by atoms with Crippen LogP contribution in [0.15, 0.2) is 59.6 Å². The summed E-state index contributed by atoms with van der Waals surface area (Å²) < 4.78 is 5.76. The highest BCUT2D eigenvalue weighted by atomic mass is 32.2. The summed E-state index contributed by atoms with van der Waals surface area (Å²) in [7, 11) is 0. The number of hydrogen-bond donors (Lipinski definition) is 0. The summed E-state index contributed by atoms with van der Waals surface area (Å²) in [6.45, 7) is 5.17. The Kier molecular flexibility index (Phi) is 5.76. The van der Waals surface area contributed by atoms with Gasteiger partial charge in [0.15, 0.2) is 11.3 Å². The molecule has 5 heteroatoms. The normalized spacial score (nSPS) is 15.0. The molecule has 1 amide bonds. The molecule has 0 aliphatic carbocycles. The molecule has 0 bridgehead atoms. The Morgan fingerprint density at radius 3 is 2.68 bits per heavy atom. The number of amides is 1. The lowest BCUT2D eigenvalue weighted by molar-refractivity contribution is -0.133. The second-order valence-electron chi connectivity index (χ2n) is 5.94. The lowest BCUT2D eigenvalue weighted by Gasteiger charge is -2.22. The summed E-state index contributed by atoms with van der Waals surface area (Å²) in [5.41, 5.74) is 2.52. The van der Waals surface area contributed by atoms with Gasteiger partial charge in [-0.15, -0.1) is 0 Å². The molecule has 2 aromatic rings. The Morgan fingerprint density at radius 1 is 1.20 bits per heavy atom. The van der Waals surface area contributed by atoms with E-state index in [4.69, 9.17) is 4.74 Å². The second-order valence-corrected chi connectivity index (χ2v) is 6.88. The smallest absolute Gasteiger partial charge is 0.269 e. The first-order valence-corrected chi connectivity index (χ1v) is 9.38. The molecule has 1 atom stereocenters. The Balaban J connectivity index is 1.60. The molecule has 0 fully saturated rings. The first kappa shape index (κ1) is 17.5. The quantitative estimate of drug-likeness (QED) is 0.818. The average molecular weight is 354 g/mol. The standard InChI is InChI=1S/C20H22N2O2S/c1-15-8-6-7-9-17(15)14-25-20-21-12-13-22(20)19(23)16(2)24-18-10-4-3-5-11-18/h3-11,16H,12-14H2,1-2H3/t16-/m0/s1. The summed E-state index contributed by atoms with van der Waals surface area (Å²) in [6, 6.07) is 17.7. The maximum atomic E-state index is 12.7. The predicted molar refractivity (Wildman–Crippen MR) is 103 cm³/mol. The van der Waals surface area contributed by atoms with Gasteiger partial charge in [-0.2, -0.15) is 0 Å². The summed E-state index contributed by atoms with van der Waals surface area (Å²) in [4.78, 5) is 19.0. The number of carbonyl (C=O) groups excluding carboxylic acids is 1. The highest BCUT2D eigenvalue weighted by Crippen LogP contribution is 2.22. The highest BCUT2D eigenvalue weighted by Gasteiger charge is 2.29. The van der Waals surface area contributed by atoms with Crippen LogP contribution in [0.2, 0.25) is 0 Å². The Labute approximate surface area is 152 Å². The zero-order chi connectivity index (χ0) is 17.6. The summed E-state index contributed by atoms with van der Waals surface area (Å²) in [5, 5.41) is 0.789. The molecule has 130 valence electrons. The first-order chi connectivity index (χ1) is 12.1. The van der Waals surface area contributed by atoms with Crippen LogP contribution in [0.1, 0.15) is 18.1 Å². The van der Waals surface area contributed by atoms with Crippen molar-refractivity contribution in [2.75, 3.05) is 13.1 Å². The maximum Gasteiger partial charge on any atom is 0.269 e. The maximum absolute atomic E-state index is 12.7. The van der Waals surface area contributed by atoms with Crippen LogP contribution < -0.4 is 4.74 Å². The molecule has 0 spiro atoms. The van der Waals surface area contributed by atoms with Gasteiger partial charge < -0.3 is 4.74 Å². The van der Waals surface area contributed by atoms with Crippen LogP contribution in [0, 0.1) is 6.92 Å².